The highest BCUT2D eigenvalue weighted by Gasteiger charge is 2.58. The number of carbonyl (C=O) groups is 1. The zero-order valence-electron chi connectivity index (χ0n) is 18.5. The van der Waals surface area contributed by atoms with Crippen molar-refractivity contribution in [3.8, 4) is 11.6 Å². The summed E-state index contributed by atoms with van der Waals surface area (Å²) in [6.07, 6.45) is -10.2. The molecule has 0 amide bonds. The summed E-state index contributed by atoms with van der Waals surface area (Å²) in [7, 11) is 0. The number of hydrogen-bond donors (Lipinski definition) is 2. The number of nitrogens with two attached hydrogens (primary N) is 1. The SMILES string of the molecule is CCOC(=O)CN1CCCCCC[C@](O)(C(F)(F)F)c2nnc(o2)-c2nc1c(C(F)(F)F)cc2N. The van der Waals surface area contributed by atoms with Gasteiger partial charge in [-0.2, -0.15) is 26.3 Å². The molecule has 9 nitrogen and oxygen atoms in total. The molecule has 2 aromatic rings. The minimum atomic E-state index is -5.16. The van der Waals surface area contributed by atoms with Crippen LogP contribution in [0.3, 0.4) is 0 Å². The molecule has 0 aromatic carbocycles. The molecule has 0 saturated heterocycles. The highest BCUT2D eigenvalue weighted by atomic mass is 19.4. The maximum absolute atomic E-state index is 13.8. The largest absolute Gasteiger partial charge is 0.465 e. The highest BCUT2D eigenvalue weighted by Crippen LogP contribution is 2.44. The molecule has 1 aliphatic heterocycles. The second-order valence-electron chi connectivity index (χ2n) is 7.96. The molecule has 35 heavy (non-hydrogen) atoms. The minimum absolute atomic E-state index is 0.00605. The Labute approximate surface area is 195 Å². The van der Waals surface area contributed by atoms with Crippen LogP contribution in [0.1, 0.15) is 50.5 Å². The van der Waals surface area contributed by atoms with Crippen molar-refractivity contribution >= 4 is 17.5 Å². The Morgan fingerprint density at radius 1 is 1.20 bits per heavy atom. The fourth-order valence-corrected chi connectivity index (χ4v) is 3.66. The van der Waals surface area contributed by atoms with Crippen LogP contribution in [0.5, 0.6) is 0 Å². The lowest BCUT2D eigenvalue weighted by Gasteiger charge is -2.28. The van der Waals surface area contributed by atoms with Gasteiger partial charge in [-0.05, 0) is 32.3 Å². The summed E-state index contributed by atoms with van der Waals surface area (Å²) in [6, 6.07) is 0.529. The lowest BCUT2D eigenvalue weighted by atomic mass is 9.95. The van der Waals surface area contributed by atoms with E-state index in [0.717, 1.165) is 4.90 Å². The summed E-state index contributed by atoms with van der Waals surface area (Å²) in [5, 5.41) is 17.1. The van der Waals surface area contributed by atoms with Crippen molar-refractivity contribution in [2.75, 3.05) is 30.3 Å². The molecule has 194 valence electrons. The van der Waals surface area contributed by atoms with Gasteiger partial charge in [0.1, 0.15) is 17.9 Å². The number of halogens is 6. The molecule has 3 heterocycles. The number of aromatic nitrogens is 3. The monoisotopic (exact) mass is 511 g/mol. The number of fused-ring (bicyclic) bond motifs is 5. The zero-order chi connectivity index (χ0) is 26.0. The van der Waals surface area contributed by atoms with Gasteiger partial charge in [-0.1, -0.05) is 12.8 Å². The number of nitrogens with zero attached hydrogens (tertiary/aromatic N) is 4. The van der Waals surface area contributed by atoms with Crippen molar-refractivity contribution in [2.24, 2.45) is 0 Å². The maximum atomic E-state index is 13.8. The Bertz CT molecular complexity index is 1060. The molecular weight excluding hydrogens is 488 g/mol. The predicted molar refractivity (Wildman–Crippen MR) is 109 cm³/mol. The van der Waals surface area contributed by atoms with E-state index in [1.165, 1.54) is 6.92 Å². The number of aliphatic hydroxyl groups is 1. The van der Waals surface area contributed by atoms with Crippen molar-refractivity contribution in [2.45, 2.75) is 57.0 Å². The third kappa shape index (κ3) is 5.60. The van der Waals surface area contributed by atoms with E-state index < -0.39 is 71.4 Å². The fraction of sp³-hybridized carbons (Fsp3) is 0.600. The first-order chi connectivity index (χ1) is 16.3. The van der Waals surface area contributed by atoms with Gasteiger partial charge in [-0.25, -0.2) is 4.98 Å². The summed E-state index contributed by atoms with van der Waals surface area (Å²) < 4.78 is 92.5. The van der Waals surface area contributed by atoms with Gasteiger partial charge in [0.15, 0.2) is 5.69 Å². The van der Waals surface area contributed by atoms with Gasteiger partial charge in [0, 0.05) is 6.54 Å². The van der Waals surface area contributed by atoms with Crippen molar-refractivity contribution in [3.05, 3.63) is 17.5 Å². The van der Waals surface area contributed by atoms with Crippen LogP contribution < -0.4 is 10.6 Å². The normalized spacial score (nSPS) is 19.8. The first-order valence-electron chi connectivity index (χ1n) is 10.7. The van der Waals surface area contributed by atoms with E-state index in [0.29, 0.717) is 12.5 Å². The second-order valence-corrected chi connectivity index (χ2v) is 7.96. The van der Waals surface area contributed by atoms with Crippen LogP contribution >= 0.6 is 0 Å². The quantitative estimate of drug-likeness (QED) is 0.467. The number of carbonyl (C=O) groups excluding carboxylic acids is 1. The first kappa shape index (κ1) is 26.5. The molecule has 0 saturated carbocycles. The Morgan fingerprint density at radius 2 is 1.89 bits per heavy atom. The number of rotatable bonds is 3. The molecule has 0 radical (unpaired) electrons. The molecule has 2 aromatic heterocycles. The lowest BCUT2D eigenvalue weighted by Crippen LogP contribution is -2.42. The predicted octanol–water partition coefficient (Wildman–Crippen LogP) is 3.82. The highest BCUT2D eigenvalue weighted by molar-refractivity contribution is 5.77. The average Bonchev–Trinajstić information content (AvgIpc) is 3.23. The maximum Gasteiger partial charge on any atom is 0.426 e. The van der Waals surface area contributed by atoms with Crippen LogP contribution in [0.25, 0.3) is 11.6 Å². The molecule has 1 atom stereocenters. The summed E-state index contributed by atoms with van der Waals surface area (Å²) in [6.45, 7) is 0.899. The van der Waals surface area contributed by atoms with Gasteiger partial charge < -0.3 is 24.9 Å². The minimum Gasteiger partial charge on any atom is -0.465 e. The van der Waals surface area contributed by atoms with Gasteiger partial charge in [0.25, 0.3) is 11.8 Å². The first-order valence-corrected chi connectivity index (χ1v) is 10.7. The third-order valence-electron chi connectivity index (χ3n) is 5.43. The Hall–Kier alpha value is -3.10. The van der Waals surface area contributed by atoms with Crippen LogP contribution in [0.4, 0.5) is 37.8 Å². The van der Waals surface area contributed by atoms with Gasteiger partial charge in [0.2, 0.25) is 5.60 Å². The second kappa shape index (κ2) is 9.87. The average molecular weight is 511 g/mol. The number of anilines is 2. The number of nitrogen functional groups attached to an aromatic ring is 1. The van der Waals surface area contributed by atoms with Crippen LogP contribution in [0.2, 0.25) is 0 Å². The number of hydrogen-bond acceptors (Lipinski definition) is 9. The molecule has 0 fully saturated rings. The molecular formula is C20H23F6N5O4. The van der Waals surface area contributed by atoms with Gasteiger partial charge >= 0.3 is 18.3 Å². The topological polar surface area (TPSA) is 128 Å². The van der Waals surface area contributed by atoms with E-state index in [1.807, 2.05) is 0 Å². The van der Waals surface area contributed by atoms with Gasteiger partial charge in [-0.15, -0.1) is 10.2 Å². The molecule has 0 aliphatic carbocycles. The van der Waals surface area contributed by atoms with Crippen LogP contribution in [0.15, 0.2) is 10.5 Å². The van der Waals surface area contributed by atoms with Crippen molar-refractivity contribution < 1.29 is 45.4 Å². The molecule has 0 spiro atoms. The fourth-order valence-electron chi connectivity index (χ4n) is 3.66. The van der Waals surface area contributed by atoms with E-state index in [9.17, 15) is 36.2 Å². The molecule has 3 rings (SSSR count). The van der Waals surface area contributed by atoms with Crippen LogP contribution in [-0.2, 0) is 21.3 Å². The lowest BCUT2D eigenvalue weighted by molar-refractivity contribution is -0.277. The summed E-state index contributed by atoms with van der Waals surface area (Å²) in [4.78, 5) is 17.1. The molecule has 15 heteroatoms. The van der Waals surface area contributed by atoms with E-state index in [2.05, 4.69) is 15.2 Å². The number of esters is 1. The van der Waals surface area contributed by atoms with Crippen molar-refractivity contribution in [1.82, 2.24) is 15.2 Å². The van der Waals surface area contributed by atoms with Gasteiger partial charge in [0.05, 0.1) is 12.3 Å². The zero-order valence-corrected chi connectivity index (χ0v) is 18.5. The number of ether oxygens (including phenoxy) is 1. The summed E-state index contributed by atoms with van der Waals surface area (Å²) in [5.74, 6) is -3.39. The summed E-state index contributed by atoms with van der Waals surface area (Å²) >= 11 is 0. The third-order valence-corrected chi connectivity index (χ3v) is 5.43. The molecule has 3 N–H and O–H groups in total. The Balaban J connectivity index is 2.20. The van der Waals surface area contributed by atoms with Crippen molar-refractivity contribution in [3.63, 3.8) is 0 Å². The Kier molecular flexibility index (Phi) is 7.48. The van der Waals surface area contributed by atoms with E-state index in [1.54, 1.807) is 0 Å². The van der Waals surface area contributed by atoms with Gasteiger partial charge in [-0.3, -0.25) is 4.79 Å². The Morgan fingerprint density at radius 3 is 2.51 bits per heavy atom. The van der Waals surface area contributed by atoms with Crippen LogP contribution in [-0.4, -0.2) is 52.1 Å². The summed E-state index contributed by atoms with van der Waals surface area (Å²) in [5.41, 5.74) is -0.116. The van der Waals surface area contributed by atoms with E-state index in [4.69, 9.17) is 14.9 Å². The smallest absolute Gasteiger partial charge is 0.426 e. The van der Waals surface area contributed by atoms with Crippen molar-refractivity contribution in [1.29, 1.82) is 0 Å². The van der Waals surface area contributed by atoms with Crippen LogP contribution in [0, 0.1) is 0 Å². The van der Waals surface area contributed by atoms with E-state index in [-0.39, 0.29) is 32.4 Å². The number of alkyl halides is 6. The molecule has 0 unspecified atom stereocenters. The standard InChI is InChI=1S/C20H23F6N5O4/c1-2-34-13(32)10-31-8-6-4-3-5-7-18(33,20(24,25)26)17-30-29-16(35-17)14-12(27)9-11(15(31)28-14)19(21,22)23/h9,33H,2-8,10,27H2,1H3/t18-/m1/s1. The molecule has 4 bridgehead atoms. The molecule has 1 aliphatic rings. The number of pyridine rings is 1. The van der Waals surface area contributed by atoms with E-state index >= 15 is 0 Å².